The summed E-state index contributed by atoms with van der Waals surface area (Å²) in [5, 5.41) is 0. The lowest BCUT2D eigenvalue weighted by Crippen LogP contribution is -2.52. The van der Waals surface area contributed by atoms with Gasteiger partial charge in [0.25, 0.3) is 0 Å². The van der Waals surface area contributed by atoms with Crippen LogP contribution in [0.5, 0.6) is 0 Å². The molecule has 4 nitrogen and oxygen atoms in total. The van der Waals surface area contributed by atoms with Crippen LogP contribution in [0.3, 0.4) is 0 Å². The smallest absolute Gasteiger partial charge is 0.239 e. The number of piperidine rings is 1. The molecule has 26 heavy (non-hydrogen) atoms. The lowest BCUT2D eigenvalue weighted by Gasteiger charge is -2.37. The molecule has 1 amide bonds. The second-order valence-electron chi connectivity index (χ2n) is 7.41. The molecule has 2 atom stereocenters. The molecular weight excluding hydrogens is 369 g/mol. The number of carbonyl (C=O) groups is 1. The van der Waals surface area contributed by atoms with Crippen molar-refractivity contribution in [2.75, 3.05) is 26.2 Å². The Balaban J connectivity index is 0.00000169. The van der Waals surface area contributed by atoms with Gasteiger partial charge in [0.2, 0.25) is 5.91 Å². The first kappa shape index (κ1) is 23.2. The van der Waals surface area contributed by atoms with Gasteiger partial charge in [0, 0.05) is 19.1 Å². The van der Waals surface area contributed by atoms with Crippen LogP contribution in [0, 0.1) is 5.92 Å². The van der Waals surface area contributed by atoms with Crippen LogP contribution < -0.4 is 5.73 Å². The quantitative estimate of drug-likeness (QED) is 0.824. The molecule has 0 aromatic heterocycles. The number of hydrogen-bond acceptors (Lipinski definition) is 3. The highest BCUT2D eigenvalue weighted by atomic mass is 35.5. The Morgan fingerprint density at radius 3 is 2.38 bits per heavy atom. The molecule has 3 rings (SSSR count). The minimum Gasteiger partial charge on any atom is -0.337 e. The Bertz CT molecular complexity index is 535. The number of likely N-dealkylation sites (tertiary alicyclic amines) is 2. The van der Waals surface area contributed by atoms with Gasteiger partial charge < -0.3 is 10.6 Å². The molecule has 2 N–H and O–H groups in total. The van der Waals surface area contributed by atoms with Gasteiger partial charge in [0.05, 0.1) is 6.04 Å². The first-order valence-electron chi connectivity index (χ1n) is 9.47. The van der Waals surface area contributed by atoms with Gasteiger partial charge in [-0.25, -0.2) is 0 Å². The molecule has 1 aromatic carbocycles. The Morgan fingerprint density at radius 1 is 1.12 bits per heavy atom. The topological polar surface area (TPSA) is 49.6 Å². The van der Waals surface area contributed by atoms with E-state index in [1.54, 1.807) is 0 Å². The van der Waals surface area contributed by atoms with Gasteiger partial charge in [-0.3, -0.25) is 9.69 Å². The van der Waals surface area contributed by atoms with Crippen LogP contribution in [-0.2, 0) is 11.2 Å². The third-order valence-corrected chi connectivity index (χ3v) is 5.85. The summed E-state index contributed by atoms with van der Waals surface area (Å²) < 4.78 is 0. The third kappa shape index (κ3) is 5.59. The molecule has 1 aromatic rings. The Labute approximate surface area is 170 Å². The predicted octanol–water partition coefficient (Wildman–Crippen LogP) is 3.12. The maximum atomic E-state index is 12.8. The summed E-state index contributed by atoms with van der Waals surface area (Å²) in [7, 11) is 0. The van der Waals surface area contributed by atoms with Crippen LogP contribution in [0.25, 0.3) is 0 Å². The van der Waals surface area contributed by atoms with E-state index in [0.717, 1.165) is 38.4 Å². The highest BCUT2D eigenvalue weighted by molar-refractivity contribution is 5.85. The average Bonchev–Trinajstić information content (AvgIpc) is 3.11. The molecule has 2 fully saturated rings. The minimum absolute atomic E-state index is 0. The number of nitrogens with zero attached hydrogens (tertiary/aromatic N) is 2. The van der Waals surface area contributed by atoms with Crippen molar-refractivity contribution < 1.29 is 4.79 Å². The van der Waals surface area contributed by atoms with Gasteiger partial charge in [-0.15, -0.1) is 24.8 Å². The highest BCUT2D eigenvalue weighted by Gasteiger charge is 2.34. The lowest BCUT2D eigenvalue weighted by atomic mass is 9.89. The van der Waals surface area contributed by atoms with Crippen molar-refractivity contribution in [1.29, 1.82) is 0 Å². The van der Waals surface area contributed by atoms with Crippen LogP contribution >= 0.6 is 24.8 Å². The molecule has 2 aliphatic rings. The maximum Gasteiger partial charge on any atom is 0.239 e. The van der Waals surface area contributed by atoms with Crippen LogP contribution in [-0.4, -0.2) is 54.0 Å². The monoisotopic (exact) mass is 401 g/mol. The van der Waals surface area contributed by atoms with Crippen molar-refractivity contribution >= 4 is 30.7 Å². The zero-order chi connectivity index (χ0) is 16.9. The summed E-state index contributed by atoms with van der Waals surface area (Å²) in [5.74, 6) is 1.03. The number of nitrogens with two attached hydrogens (primary N) is 1. The molecule has 0 aliphatic carbocycles. The molecule has 0 bridgehead atoms. The number of carbonyl (C=O) groups excluding carboxylic acids is 1. The Hall–Kier alpha value is -0.810. The van der Waals surface area contributed by atoms with Crippen molar-refractivity contribution in [3.05, 3.63) is 35.9 Å². The van der Waals surface area contributed by atoms with Crippen LogP contribution in [0.1, 0.15) is 38.2 Å². The summed E-state index contributed by atoms with van der Waals surface area (Å²) in [5.41, 5.74) is 7.26. The zero-order valence-electron chi connectivity index (χ0n) is 15.7. The average molecular weight is 402 g/mol. The predicted molar refractivity (Wildman–Crippen MR) is 112 cm³/mol. The Kier molecular flexibility index (Phi) is 9.94. The van der Waals surface area contributed by atoms with Gasteiger partial charge in [0.1, 0.15) is 0 Å². The fourth-order valence-corrected chi connectivity index (χ4v) is 4.26. The first-order valence-corrected chi connectivity index (χ1v) is 9.47. The fourth-order valence-electron chi connectivity index (χ4n) is 4.26. The van der Waals surface area contributed by atoms with Crippen molar-refractivity contribution in [3.63, 3.8) is 0 Å². The van der Waals surface area contributed by atoms with Gasteiger partial charge >= 0.3 is 0 Å². The summed E-state index contributed by atoms with van der Waals surface area (Å²) in [6.45, 7) is 5.62. The van der Waals surface area contributed by atoms with E-state index in [1.165, 1.54) is 24.8 Å². The van der Waals surface area contributed by atoms with Crippen molar-refractivity contribution in [2.45, 2.75) is 51.1 Å². The molecule has 148 valence electrons. The van der Waals surface area contributed by atoms with Crippen LogP contribution in [0.2, 0.25) is 0 Å². The minimum atomic E-state index is -0.00479. The van der Waals surface area contributed by atoms with E-state index in [0.29, 0.717) is 6.54 Å². The lowest BCUT2D eigenvalue weighted by molar-refractivity contribution is -0.137. The highest BCUT2D eigenvalue weighted by Crippen LogP contribution is 2.25. The number of amides is 1. The molecule has 2 saturated heterocycles. The summed E-state index contributed by atoms with van der Waals surface area (Å²) >= 11 is 0. The second kappa shape index (κ2) is 11.1. The molecule has 2 unspecified atom stereocenters. The van der Waals surface area contributed by atoms with Gasteiger partial charge in [-0.1, -0.05) is 30.3 Å². The number of halogens is 2. The maximum absolute atomic E-state index is 12.8. The van der Waals surface area contributed by atoms with Crippen LogP contribution in [0.4, 0.5) is 0 Å². The van der Waals surface area contributed by atoms with E-state index in [4.69, 9.17) is 5.73 Å². The normalized spacial score (nSPS) is 22.4. The number of rotatable bonds is 5. The first-order chi connectivity index (χ1) is 11.7. The van der Waals surface area contributed by atoms with Gasteiger partial charge in [-0.05, 0) is 63.6 Å². The number of hydrogen-bond donors (Lipinski definition) is 1. The van der Waals surface area contributed by atoms with Crippen molar-refractivity contribution in [1.82, 2.24) is 9.80 Å². The summed E-state index contributed by atoms with van der Waals surface area (Å²) in [6.07, 6.45) is 5.70. The molecule has 2 aliphatic heterocycles. The second-order valence-corrected chi connectivity index (χ2v) is 7.41. The molecule has 2 heterocycles. The third-order valence-electron chi connectivity index (χ3n) is 5.85. The van der Waals surface area contributed by atoms with Gasteiger partial charge in [0.15, 0.2) is 0 Å². The molecule has 0 radical (unpaired) electrons. The summed E-state index contributed by atoms with van der Waals surface area (Å²) in [6, 6.07) is 11.0. The van der Waals surface area contributed by atoms with E-state index in [1.807, 2.05) is 4.90 Å². The fraction of sp³-hybridized carbons (Fsp3) is 0.650. The van der Waals surface area contributed by atoms with E-state index >= 15 is 0 Å². The summed E-state index contributed by atoms with van der Waals surface area (Å²) in [4.78, 5) is 17.2. The molecule has 0 spiro atoms. The van der Waals surface area contributed by atoms with Gasteiger partial charge in [-0.2, -0.15) is 0 Å². The van der Waals surface area contributed by atoms with E-state index in [9.17, 15) is 4.79 Å². The standard InChI is InChI=1S/C20H31N3O.2ClH/c1-16(20(24)23-11-5-8-19(23)15-21)22-12-9-18(10-13-22)14-17-6-3-2-4-7-17;;/h2-4,6-7,16,18-19H,5,8-15,21H2,1H3;2*1H. The van der Waals surface area contributed by atoms with E-state index in [-0.39, 0.29) is 42.8 Å². The SMILES string of the molecule is CC(C(=O)N1CCCC1CN)N1CCC(Cc2ccccc2)CC1.Cl.Cl. The largest absolute Gasteiger partial charge is 0.337 e. The molecular formula is C20H33Cl2N3O. The van der Waals surface area contributed by atoms with E-state index < -0.39 is 0 Å². The van der Waals surface area contributed by atoms with Crippen molar-refractivity contribution in [2.24, 2.45) is 11.7 Å². The van der Waals surface area contributed by atoms with Crippen LogP contribution in [0.15, 0.2) is 30.3 Å². The zero-order valence-corrected chi connectivity index (χ0v) is 17.3. The Morgan fingerprint density at radius 2 is 1.77 bits per heavy atom. The number of benzene rings is 1. The van der Waals surface area contributed by atoms with Crippen molar-refractivity contribution in [3.8, 4) is 0 Å². The van der Waals surface area contributed by atoms with E-state index in [2.05, 4.69) is 42.2 Å². The molecule has 6 heteroatoms. The molecule has 0 saturated carbocycles.